The van der Waals surface area contributed by atoms with Gasteiger partial charge in [0.05, 0.1) is 17.3 Å². The van der Waals surface area contributed by atoms with E-state index in [-0.39, 0.29) is 5.91 Å². The molecule has 114 valence electrons. The summed E-state index contributed by atoms with van der Waals surface area (Å²) in [7, 11) is 0. The predicted molar refractivity (Wildman–Crippen MR) is 94.8 cm³/mol. The van der Waals surface area contributed by atoms with Crippen molar-refractivity contribution in [2.75, 3.05) is 23.3 Å². The van der Waals surface area contributed by atoms with Crippen LogP contribution in [0, 0.1) is 0 Å². The van der Waals surface area contributed by atoms with Gasteiger partial charge in [-0.2, -0.15) is 0 Å². The molecule has 0 bridgehead atoms. The quantitative estimate of drug-likeness (QED) is 0.852. The van der Waals surface area contributed by atoms with Gasteiger partial charge in [0, 0.05) is 16.7 Å². The summed E-state index contributed by atoms with van der Waals surface area (Å²) in [6.45, 7) is 1.24. The molecule has 1 aliphatic rings. The number of halogens is 2. The monoisotopic (exact) mass is 378 g/mol. The number of anilines is 2. The van der Waals surface area contributed by atoms with Gasteiger partial charge in [0.2, 0.25) is 5.91 Å². The Bertz CT molecular complexity index is 705. The molecule has 1 aliphatic heterocycles. The van der Waals surface area contributed by atoms with Gasteiger partial charge < -0.3 is 10.2 Å². The third-order valence-electron chi connectivity index (χ3n) is 3.75. The topological polar surface area (TPSA) is 32.3 Å². The van der Waals surface area contributed by atoms with Gasteiger partial charge in [-0.15, -0.1) is 0 Å². The van der Waals surface area contributed by atoms with E-state index in [0.29, 0.717) is 17.3 Å². The third-order valence-corrected chi connectivity index (χ3v) is 4.55. The normalized spacial score (nSPS) is 13.6. The van der Waals surface area contributed by atoms with Crippen molar-refractivity contribution in [3.8, 4) is 0 Å². The van der Waals surface area contributed by atoms with E-state index >= 15 is 0 Å². The molecule has 1 N–H and O–H groups in total. The number of fused-ring (bicyclic) bond motifs is 1. The fraction of sp³-hybridized carbons (Fsp3) is 0.235. The molecule has 1 amide bonds. The molecule has 5 heteroatoms. The van der Waals surface area contributed by atoms with Crippen LogP contribution in [0.4, 0.5) is 11.4 Å². The fourth-order valence-electron chi connectivity index (χ4n) is 2.73. The summed E-state index contributed by atoms with van der Waals surface area (Å²) in [5, 5.41) is 3.41. The average molecular weight is 380 g/mol. The number of nitrogens with zero attached hydrogens (tertiary/aromatic N) is 1. The maximum Gasteiger partial charge on any atom is 0.243 e. The summed E-state index contributed by atoms with van der Waals surface area (Å²) in [4.78, 5) is 14.4. The van der Waals surface area contributed by atoms with Crippen LogP contribution in [0.25, 0.3) is 0 Å². The Morgan fingerprint density at radius 3 is 2.91 bits per heavy atom. The number of rotatable bonds is 3. The molecular formula is C17H16BrClN2O. The van der Waals surface area contributed by atoms with E-state index in [2.05, 4.69) is 38.3 Å². The number of benzene rings is 2. The highest BCUT2D eigenvalue weighted by molar-refractivity contribution is 9.10. The highest BCUT2D eigenvalue weighted by Crippen LogP contribution is 2.28. The van der Waals surface area contributed by atoms with Gasteiger partial charge in [-0.3, -0.25) is 4.79 Å². The van der Waals surface area contributed by atoms with Crippen molar-refractivity contribution >= 4 is 44.8 Å². The second-order valence-electron chi connectivity index (χ2n) is 5.33. The summed E-state index contributed by atoms with van der Waals surface area (Å²) in [6.07, 6.45) is 2.15. The Morgan fingerprint density at radius 2 is 2.09 bits per heavy atom. The molecule has 0 fully saturated rings. The lowest BCUT2D eigenvalue weighted by Gasteiger charge is -2.30. The first-order chi connectivity index (χ1) is 10.6. The van der Waals surface area contributed by atoms with Gasteiger partial charge in [0.1, 0.15) is 0 Å². The van der Waals surface area contributed by atoms with E-state index in [0.717, 1.165) is 29.5 Å². The molecule has 22 heavy (non-hydrogen) atoms. The molecular weight excluding hydrogens is 364 g/mol. The van der Waals surface area contributed by atoms with Gasteiger partial charge in [0.15, 0.2) is 0 Å². The highest BCUT2D eigenvalue weighted by atomic mass is 79.9. The maximum absolute atomic E-state index is 12.3. The molecule has 2 aromatic rings. The molecule has 3 rings (SSSR count). The van der Waals surface area contributed by atoms with Crippen LogP contribution in [-0.4, -0.2) is 19.0 Å². The van der Waals surface area contributed by atoms with Crippen LogP contribution >= 0.6 is 27.5 Å². The fourth-order valence-corrected chi connectivity index (χ4v) is 3.45. The first kappa shape index (κ1) is 15.4. The maximum atomic E-state index is 12.3. The minimum Gasteiger partial charge on any atom is -0.362 e. The second kappa shape index (κ2) is 6.71. The van der Waals surface area contributed by atoms with Crippen molar-refractivity contribution in [1.82, 2.24) is 0 Å². The van der Waals surface area contributed by atoms with Crippen molar-refractivity contribution in [2.45, 2.75) is 12.8 Å². The zero-order valence-electron chi connectivity index (χ0n) is 12.0. The predicted octanol–water partition coefficient (Wildman–Crippen LogP) is 4.49. The lowest BCUT2D eigenvalue weighted by Crippen LogP contribution is -2.36. The summed E-state index contributed by atoms with van der Waals surface area (Å²) in [5.41, 5.74) is 3.11. The number of aryl methyl sites for hydroxylation is 1. The van der Waals surface area contributed by atoms with Gasteiger partial charge in [-0.1, -0.05) is 45.7 Å². The second-order valence-corrected chi connectivity index (χ2v) is 6.65. The van der Waals surface area contributed by atoms with E-state index in [4.69, 9.17) is 11.6 Å². The molecule has 0 spiro atoms. The number of carbonyl (C=O) groups is 1. The number of carbonyl (C=O) groups excluding carboxylic acids is 1. The number of hydrogen-bond acceptors (Lipinski definition) is 2. The summed E-state index contributed by atoms with van der Waals surface area (Å²) < 4.78 is 0.889. The van der Waals surface area contributed by atoms with E-state index in [1.54, 1.807) is 12.1 Å². The summed E-state index contributed by atoms with van der Waals surface area (Å²) >= 11 is 9.49. The van der Waals surface area contributed by atoms with Crippen molar-refractivity contribution in [2.24, 2.45) is 0 Å². The first-order valence-electron chi connectivity index (χ1n) is 7.21. The minimum atomic E-state index is -0.0547. The summed E-state index contributed by atoms with van der Waals surface area (Å²) in [6, 6.07) is 13.7. The minimum absolute atomic E-state index is 0.0547. The lowest BCUT2D eigenvalue weighted by atomic mass is 10.0. The SMILES string of the molecule is O=C(CN1CCCc2ccccc21)Nc1ccc(Br)cc1Cl. The zero-order chi connectivity index (χ0) is 15.5. The Balaban J connectivity index is 1.70. The molecule has 3 nitrogen and oxygen atoms in total. The van der Waals surface area contributed by atoms with Crippen LogP contribution in [0.15, 0.2) is 46.9 Å². The molecule has 0 saturated heterocycles. The molecule has 0 saturated carbocycles. The van der Waals surface area contributed by atoms with Gasteiger partial charge in [-0.25, -0.2) is 0 Å². The van der Waals surface area contributed by atoms with Crippen molar-refractivity contribution in [3.05, 3.63) is 57.5 Å². The average Bonchev–Trinajstić information content (AvgIpc) is 2.50. The molecule has 0 aromatic heterocycles. The van der Waals surface area contributed by atoms with E-state index in [1.807, 2.05) is 18.2 Å². The lowest BCUT2D eigenvalue weighted by molar-refractivity contribution is -0.115. The molecule has 0 aliphatic carbocycles. The number of amides is 1. The highest BCUT2D eigenvalue weighted by Gasteiger charge is 2.18. The smallest absolute Gasteiger partial charge is 0.243 e. The van der Waals surface area contributed by atoms with Crippen molar-refractivity contribution in [3.63, 3.8) is 0 Å². The van der Waals surface area contributed by atoms with E-state index in [9.17, 15) is 4.79 Å². The van der Waals surface area contributed by atoms with E-state index in [1.165, 1.54) is 5.56 Å². The number of hydrogen-bond donors (Lipinski definition) is 1. The molecule has 2 aromatic carbocycles. The van der Waals surface area contributed by atoms with Crippen LogP contribution in [0.2, 0.25) is 5.02 Å². The Hall–Kier alpha value is -1.52. The number of para-hydroxylation sites is 1. The van der Waals surface area contributed by atoms with Crippen LogP contribution < -0.4 is 10.2 Å². The van der Waals surface area contributed by atoms with Crippen LogP contribution in [-0.2, 0) is 11.2 Å². The van der Waals surface area contributed by atoms with Crippen LogP contribution in [0.3, 0.4) is 0 Å². The van der Waals surface area contributed by atoms with Crippen LogP contribution in [0.1, 0.15) is 12.0 Å². The van der Waals surface area contributed by atoms with Crippen LogP contribution in [0.5, 0.6) is 0 Å². The molecule has 0 unspecified atom stereocenters. The van der Waals surface area contributed by atoms with Crippen molar-refractivity contribution < 1.29 is 4.79 Å². The molecule has 0 radical (unpaired) electrons. The number of nitrogens with one attached hydrogen (secondary N) is 1. The summed E-state index contributed by atoms with van der Waals surface area (Å²) in [5.74, 6) is -0.0547. The Morgan fingerprint density at radius 1 is 1.27 bits per heavy atom. The van der Waals surface area contributed by atoms with Gasteiger partial charge in [-0.05, 0) is 42.7 Å². The first-order valence-corrected chi connectivity index (χ1v) is 8.38. The Labute approximate surface area is 143 Å². The van der Waals surface area contributed by atoms with Crippen molar-refractivity contribution in [1.29, 1.82) is 0 Å². The molecule has 0 atom stereocenters. The van der Waals surface area contributed by atoms with Gasteiger partial charge in [0.25, 0.3) is 0 Å². The Kier molecular flexibility index (Phi) is 4.69. The molecule has 1 heterocycles. The van der Waals surface area contributed by atoms with E-state index < -0.39 is 0 Å². The standard InChI is InChI=1S/C17H16BrClN2O/c18-13-7-8-15(14(19)10-13)20-17(22)11-21-9-3-5-12-4-1-2-6-16(12)21/h1-2,4,6-8,10H,3,5,9,11H2,(H,20,22). The zero-order valence-corrected chi connectivity index (χ0v) is 14.3. The largest absolute Gasteiger partial charge is 0.362 e. The third kappa shape index (κ3) is 3.45. The van der Waals surface area contributed by atoms with Gasteiger partial charge >= 0.3 is 0 Å².